The largest absolute Gasteiger partial charge is 0.256 e. The maximum absolute atomic E-state index is 5.32. The van der Waals surface area contributed by atoms with E-state index in [2.05, 4.69) is 194 Å². The second-order valence-corrected chi connectivity index (χ2v) is 18.4. The van der Waals surface area contributed by atoms with E-state index in [9.17, 15) is 0 Å². The van der Waals surface area contributed by atoms with Crippen molar-refractivity contribution in [3.8, 4) is 89.9 Å². The van der Waals surface area contributed by atoms with E-state index in [-0.39, 0.29) is 5.92 Å². The number of hydrogen-bond donors (Lipinski definition) is 0. The van der Waals surface area contributed by atoms with Gasteiger partial charge in [0.05, 0.1) is 5.69 Å². The molecule has 9 aromatic carbocycles. The van der Waals surface area contributed by atoms with Crippen molar-refractivity contribution in [3.05, 3.63) is 253 Å². The minimum absolute atomic E-state index is 0.102. The molecule has 1 unspecified atom stereocenters. The van der Waals surface area contributed by atoms with Crippen molar-refractivity contribution in [2.24, 2.45) is 0 Å². The number of nitrogens with zero attached hydrogens (tertiary/aromatic N) is 4. The van der Waals surface area contributed by atoms with Gasteiger partial charge in [0.2, 0.25) is 0 Å². The molecule has 0 saturated heterocycles. The smallest absolute Gasteiger partial charge is 0.164 e. The number of thiophene rings is 1. The first-order valence-corrected chi connectivity index (χ1v) is 23.8. The minimum atomic E-state index is 0.102. The number of hydrogen-bond acceptors (Lipinski definition) is 5. The summed E-state index contributed by atoms with van der Waals surface area (Å²) >= 11 is 1.85. The van der Waals surface area contributed by atoms with Crippen LogP contribution < -0.4 is 0 Å². The molecule has 1 aliphatic carbocycles. The topological polar surface area (TPSA) is 51.6 Å². The molecule has 0 N–H and O–H groups in total. The van der Waals surface area contributed by atoms with E-state index in [1.54, 1.807) is 0 Å². The zero-order valence-corrected chi connectivity index (χ0v) is 37.6. The van der Waals surface area contributed by atoms with E-state index in [0.717, 1.165) is 60.3 Å². The lowest BCUT2D eigenvalue weighted by molar-refractivity contribution is 1.03. The summed E-state index contributed by atoms with van der Waals surface area (Å²) in [4.78, 5) is 21.0. The molecule has 0 spiro atoms. The van der Waals surface area contributed by atoms with Crippen LogP contribution in [0.2, 0.25) is 0 Å². The number of fused-ring (bicyclic) bond motifs is 7. The fraction of sp³-hybridized carbons (Fsp3) is 0.0159. The van der Waals surface area contributed by atoms with E-state index in [1.165, 1.54) is 49.0 Å². The summed E-state index contributed by atoms with van der Waals surface area (Å²) in [6, 6.07) is 81.9. The molecule has 4 nitrogen and oxygen atoms in total. The van der Waals surface area contributed by atoms with Crippen molar-refractivity contribution >= 4 is 31.5 Å². The second kappa shape index (κ2) is 16.7. The molecule has 3 aromatic heterocycles. The van der Waals surface area contributed by atoms with Crippen LogP contribution in [0.4, 0.5) is 0 Å². The van der Waals surface area contributed by atoms with Crippen LogP contribution in [0.1, 0.15) is 22.6 Å². The molecular weight excluding hydrogens is 845 g/mol. The molecule has 13 rings (SSSR count). The summed E-state index contributed by atoms with van der Waals surface area (Å²) in [5.41, 5.74) is 18.1. The van der Waals surface area contributed by atoms with Crippen molar-refractivity contribution in [2.45, 2.75) is 5.92 Å². The number of rotatable bonds is 8. The SMILES string of the molecule is c1ccc(-c2cc(-c3ccccc3)cc(-c3ccc(-c4cc(-c5nc(-c6ccccc6)nc(-c6ccccc6)n5)c5c(c4)sc4c6c(ccc45)-c4ccccc4C6c4ccccc4)nc3)c2)cc1. The van der Waals surface area contributed by atoms with Gasteiger partial charge < -0.3 is 0 Å². The summed E-state index contributed by atoms with van der Waals surface area (Å²) in [6.45, 7) is 0. The van der Waals surface area contributed by atoms with Crippen molar-refractivity contribution < 1.29 is 0 Å². The Balaban J connectivity index is 1.02. The molecule has 0 fully saturated rings. The van der Waals surface area contributed by atoms with Crippen molar-refractivity contribution in [3.63, 3.8) is 0 Å². The predicted molar refractivity (Wildman–Crippen MR) is 281 cm³/mol. The van der Waals surface area contributed by atoms with E-state index in [4.69, 9.17) is 19.9 Å². The molecule has 1 aliphatic rings. The highest BCUT2D eigenvalue weighted by Gasteiger charge is 2.33. The van der Waals surface area contributed by atoms with Crippen LogP contribution in [0.25, 0.3) is 110 Å². The maximum Gasteiger partial charge on any atom is 0.164 e. The predicted octanol–water partition coefficient (Wildman–Crippen LogP) is 16.5. The Labute approximate surface area is 398 Å². The van der Waals surface area contributed by atoms with Gasteiger partial charge in [-0.2, -0.15) is 0 Å². The van der Waals surface area contributed by atoms with Crippen LogP contribution in [0, 0.1) is 0 Å². The number of pyridine rings is 1. The Hall–Kier alpha value is -8.64. The lowest BCUT2D eigenvalue weighted by Crippen LogP contribution is -2.01. The van der Waals surface area contributed by atoms with E-state index >= 15 is 0 Å². The molecule has 318 valence electrons. The Bertz CT molecular complexity index is 3700. The third kappa shape index (κ3) is 7.00. The lowest BCUT2D eigenvalue weighted by Gasteiger charge is -2.15. The molecule has 0 radical (unpaired) electrons. The van der Waals surface area contributed by atoms with Crippen LogP contribution >= 0.6 is 11.3 Å². The Morgan fingerprint density at radius 3 is 1.47 bits per heavy atom. The summed E-state index contributed by atoms with van der Waals surface area (Å²) in [5, 5.41) is 2.32. The highest BCUT2D eigenvalue weighted by Crippen LogP contribution is 2.54. The van der Waals surface area contributed by atoms with Gasteiger partial charge in [-0.3, -0.25) is 4.98 Å². The molecule has 3 heterocycles. The van der Waals surface area contributed by atoms with Gasteiger partial charge in [0.25, 0.3) is 0 Å². The Morgan fingerprint density at radius 1 is 0.353 bits per heavy atom. The average Bonchev–Trinajstić information content (AvgIpc) is 3.98. The Morgan fingerprint density at radius 2 is 0.882 bits per heavy atom. The third-order valence-electron chi connectivity index (χ3n) is 13.2. The Kier molecular flexibility index (Phi) is 9.73. The molecule has 0 saturated carbocycles. The van der Waals surface area contributed by atoms with Crippen molar-refractivity contribution in [1.82, 2.24) is 19.9 Å². The molecule has 1 atom stereocenters. The molecular formula is C63H40N4S. The van der Waals surface area contributed by atoms with Gasteiger partial charge >= 0.3 is 0 Å². The van der Waals surface area contributed by atoms with Crippen LogP contribution in [-0.2, 0) is 0 Å². The standard InChI is InChI=1S/C63H40N4S/c1-6-18-40(19-7-1)46-34-47(41-20-8-2-9-21-41)36-48(35-46)45-30-33-55(64-39-45)49-37-54(63-66-61(43-24-12-4-13-25-43)65-62(67-63)44-26-14-5-15-27-44)58-53-32-31-52-50-28-16-17-29-51(50)57(42-22-10-3-11-23-42)59(52)60(53)68-56(58)38-49/h1-39,57H. The van der Waals surface area contributed by atoms with Gasteiger partial charge in [0, 0.05) is 60.1 Å². The van der Waals surface area contributed by atoms with E-state index in [0.29, 0.717) is 17.5 Å². The summed E-state index contributed by atoms with van der Waals surface area (Å²) in [7, 11) is 0. The number of benzene rings is 9. The van der Waals surface area contributed by atoms with Crippen molar-refractivity contribution in [1.29, 1.82) is 0 Å². The molecule has 0 bridgehead atoms. The fourth-order valence-corrected chi connectivity index (χ4v) is 11.4. The average molecular weight is 885 g/mol. The first kappa shape index (κ1) is 39.7. The van der Waals surface area contributed by atoms with Gasteiger partial charge in [0.1, 0.15) is 0 Å². The highest BCUT2D eigenvalue weighted by molar-refractivity contribution is 7.26. The molecule has 12 aromatic rings. The summed E-state index contributed by atoms with van der Waals surface area (Å²) < 4.78 is 2.43. The van der Waals surface area contributed by atoms with Gasteiger partial charge in [0.15, 0.2) is 17.5 Å². The van der Waals surface area contributed by atoms with Gasteiger partial charge in [-0.15, -0.1) is 11.3 Å². The normalized spacial score (nSPS) is 12.9. The van der Waals surface area contributed by atoms with Gasteiger partial charge in [-0.05, 0) is 92.0 Å². The lowest BCUT2D eigenvalue weighted by atomic mass is 9.88. The second-order valence-electron chi connectivity index (χ2n) is 17.3. The quantitative estimate of drug-likeness (QED) is 0.153. The van der Waals surface area contributed by atoms with Crippen LogP contribution in [0.15, 0.2) is 237 Å². The van der Waals surface area contributed by atoms with E-state index in [1.807, 2.05) is 53.9 Å². The third-order valence-corrected chi connectivity index (χ3v) is 14.4. The van der Waals surface area contributed by atoms with E-state index < -0.39 is 0 Å². The maximum atomic E-state index is 5.32. The minimum Gasteiger partial charge on any atom is -0.256 e. The first-order chi connectivity index (χ1) is 33.7. The fourth-order valence-electron chi connectivity index (χ4n) is 10.0. The first-order valence-electron chi connectivity index (χ1n) is 23.0. The van der Waals surface area contributed by atoms with Gasteiger partial charge in [-0.25, -0.2) is 15.0 Å². The van der Waals surface area contributed by atoms with Crippen LogP contribution in [0.5, 0.6) is 0 Å². The van der Waals surface area contributed by atoms with Gasteiger partial charge in [-0.1, -0.05) is 194 Å². The number of aromatic nitrogens is 4. The zero-order chi connectivity index (χ0) is 45.0. The van der Waals surface area contributed by atoms with Crippen LogP contribution in [-0.4, -0.2) is 19.9 Å². The molecule has 68 heavy (non-hydrogen) atoms. The molecule has 5 heteroatoms. The summed E-state index contributed by atoms with van der Waals surface area (Å²) in [6.07, 6.45) is 2.02. The molecule has 0 aliphatic heterocycles. The van der Waals surface area contributed by atoms with Crippen molar-refractivity contribution in [2.75, 3.05) is 0 Å². The highest BCUT2D eigenvalue weighted by atomic mass is 32.1. The monoisotopic (exact) mass is 884 g/mol. The summed E-state index contributed by atoms with van der Waals surface area (Å²) in [5.74, 6) is 1.98. The van der Waals surface area contributed by atoms with Crippen LogP contribution in [0.3, 0.4) is 0 Å². The zero-order valence-electron chi connectivity index (χ0n) is 36.8. The molecule has 0 amide bonds.